The molecule has 0 radical (unpaired) electrons. The second-order valence-corrected chi connectivity index (χ2v) is 16.6. The summed E-state index contributed by atoms with van der Waals surface area (Å²) in [6, 6.07) is 71.4. The summed E-state index contributed by atoms with van der Waals surface area (Å²) in [7, 11) is 0. The van der Waals surface area contributed by atoms with Gasteiger partial charge in [-0.15, -0.1) is 0 Å². The standard InChI is InChI=1S/C60H43N3O2.C2H6/c1-3-40-21-25-42(26-22-40)38-64-47-33-46(34-48(37-47)65-39-43-27-23-41(4-2)24-28-43)63-59-31-29-44(61-55-17-9-5-13-49(55)50-14-6-10-18-56(50)61)35-53(59)54-36-45(30-32-60(54)63)62-57-19-11-7-15-51(57)52-16-8-12-20-58(52)62;1-2/h3-37H,1-2,38-39H2;1-2H3. The molecule has 0 bridgehead atoms. The number of fused-ring (bicyclic) bond motifs is 9. The molecule has 0 N–H and O–H groups in total. The van der Waals surface area contributed by atoms with Crippen molar-refractivity contribution < 1.29 is 9.47 Å². The lowest BCUT2D eigenvalue weighted by atomic mass is 10.1. The van der Waals surface area contributed by atoms with Gasteiger partial charge in [0.2, 0.25) is 0 Å². The van der Waals surface area contributed by atoms with Gasteiger partial charge in [0.15, 0.2) is 0 Å². The summed E-state index contributed by atoms with van der Waals surface area (Å²) in [6.45, 7) is 12.6. The first-order valence-corrected chi connectivity index (χ1v) is 23.0. The van der Waals surface area contributed by atoms with Gasteiger partial charge < -0.3 is 23.2 Å². The van der Waals surface area contributed by atoms with Gasteiger partial charge in [-0.3, -0.25) is 0 Å². The summed E-state index contributed by atoms with van der Waals surface area (Å²) in [6.07, 6.45) is 3.71. The van der Waals surface area contributed by atoms with Crippen LogP contribution in [0.1, 0.15) is 36.1 Å². The number of nitrogens with zero attached hydrogens (tertiary/aromatic N) is 3. The fourth-order valence-electron chi connectivity index (χ4n) is 9.64. The Bertz CT molecular complexity index is 3460. The molecule has 0 aliphatic carbocycles. The molecular formula is C62H49N3O2. The first-order valence-electron chi connectivity index (χ1n) is 23.0. The van der Waals surface area contributed by atoms with Gasteiger partial charge in [-0.2, -0.15) is 0 Å². The predicted octanol–water partition coefficient (Wildman–Crippen LogP) is 16.4. The zero-order valence-electron chi connectivity index (χ0n) is 37.7. The molecule has 3 aromatic heterocycles. The third-order valence-electron chi connectivity index (χ3n) is 12.8. The molecule has 5 nitrogen and oxygen atoms in total. The molecule has 0 spiro atoms. The number of ether oxygens (including phenoxy) is 2. The number of para-hydroxylation sites is 4. The smallest absolute Gasteiger partial charge is 0.125 e. The predicted molar refractivity (Wildman–Crippen MR) is 283 cm³/mol. The number of hydrogen-bond acceptors (Lipinski definition) is 2. The van der Waals surface area contributed by atoms with E-state index < -0.39 is 0 Å². The molecule has 12 rings (SSSR count). The van der Waals surface area contributed by atoms with E-state index in [0.717, 1.165) is 61.1 Å². The third kappa shape index (κ3) is 7.31. The van der Waals surface area contributed by atoms with Crippen molar-refractivity contribution in [3.05, 3.63) is 236 Å². The van der Waals surface area contributed by atoms with Crippen molar-refractivity contribution in [2.75, 3.05) is 0 Å². The maximum atomic E-state index is 6.61. The van der Waals surface area contributed by atoms with Crippen LogP contribution >= 0.6 is 0 Å². The van der Waals surface area contributed by atoms with E-state index in [-0.39, 0.29) is 0 Å². The Morgan fingerprint density at radius 2 is 0.672 bits per heavy atom. The van der Waals surface area contributed by atoms with Gasteiger partial charge in [0.1, 0.15) is 24.7 Å². The van der Waals surface area contributed by atoms with Crippen LogP contribution in [0.15, 0.2) is 213 Å². The summed E-state index contributed by atoms with van der Waals surface area (Å²) in [5.74, 6) is 1.43. The summed E-state index contributed by atoms with van der Waals surface area (Å²) in [4.78, 5) is 0. The van der Waals surface area contributed by atoms with Gasteiger partial charge in [-0.1, -0.05) is 160 Å². The highest BCUT2D eigenvalue weighted by Gasteiger charge is 2.20. The Kier molecular flexibility index (Phi) is 10.7. The number of aromatic nitrogens is 3. The van der Waals surface area contributed by atoms with E-state index >= 15 is 0 Å². The van der Waals surface area contributed by atoms with Crippen LogP contribution in [0.2, 0.25) is 0 Å². The monoisotopic (exact) mass is 867 g/mol. The second kappa shape index (κ2) is 17.4. The fraction of sp³-hybridized carbons (Fsp3) is 0.0645. The van der Waals surface area contributed by atoms with Crippen LogP contribution in [0.5, 0.6) is 11.5 Å². The molecule has 0 saturated heterocycles. The van der Waals surface area contributed by atoms with E-state index in [1.54, 1.807) is 0 Å². The molecule has 0 aliphatic heterocycles. The molecule has 0 aliphatic rings. The summed E-state index contributed by atoms with van der Waals surface area (Å²) < 4.78 is 20.4. The number of rotatable bonds is 11. The van der Waals surface area contributed by atoms with Gasteiger partial charge in [0.25, 0.3) is 0 Å². The third-order valence-corrected chi connectivity index (χ3v) is 12.8. The lowest BCUT2D eigenvalue weighted by molar-refractivity contribution is 0.290. The molecule has 9 aromatic carbocycles. The zero-order chi connectivity index (χ0) is 45.4. The molecule has 324 valence electrons. The average molecular weight is 868 g/mol. The minimum Gasteiger partial charge on any atom is -0.489 e. The molecule has 67 heavy (non-hydrogen) atoms. The van der Waals surface area contributed by atoms with E-state index in [1.165, 1.54) is 43.6 Å². The van der Waals surface area contributed by atoms with Crippen molar-refractivity contribution in [3.8, 4) is 28.6 Å². The van der Waals surface area contributed by atoms with Crippen LogP contribution in [0.3, 0.4) is 0 Å². The minimum atomic E-state index is 0.404. The minimum absolute atomic E-state index is 0.404. The molecule has 0 unspecified atom stereocenters. The Hall–Kier alpha value is -8.54. The van der Waals surface area contributed by atoms with Crippen LogP contribution in [-0.4, -0.2) is 13.7 Å². The Morgan fingerprint density at radius 1 is 0.343 bits per heavy atom. The van der Waals surface area contributed by atoms with E-state index in [1.807, 2.05) is 32.1 Å². The molecule has 0 amide bonds. The topological polar surface area (TPSA) is 33.2 Å². The summed E-state index contributed by atoms with van der Waals surface area (Å²) in [5.41, 5.74) is 14.3. The van der Waals surface area contributed by atoms with Gasteiger partial charge in [0, 0.05) is 61.9 Å². The average Bonchev–Trinajstić information content (AvgIpc) is 4.03. The van der Waals surface area contributed by atoms with E-state index in [9.17, 15) is 0 Å². The van der Waals surface area contributed by atoms with Crippen molar-refractivity contribution in [2.24, 2.45) is 0 Å². The maximum absolute atomic E-state index is 6.61. The quantitative estimate of drug-likeness (QED) is 0.130. The van der Waals surface area contributed by atoms with Crippen LogP contribution in [0.25, 0.3) is 94.6 Å². The van der Waals surface area contributed by atoms with Gasteiger partial charge in [-0.05, 0) is 82.9 Å². The Labute approximate surface area is 390 Å². The normalized spacial score (nSPS) is 11.4. The van der Waals surface area contributed by atoms with Gasteiger partial charge >= 0.3 is 0 Å². The largest absolute Gasteiger partial charge is 0.489 e. The maximum Gasteiger partial charge on any atom is 0.125 e. The molecule has 0 fully saturated rings. The van der Waals surface area contributed by atoms with Gasteiger partial charge in [0.05, 0.1) is 38.8 Å². The van der Waals surface area contributed by atoms with E-state index in [0.29, 0.717) is 24.7 Å². The van der Waals surface area contributed by atoms with Crippen molar-refractivity contribution in [1.82, 2.24) is 13.7 Å². The molecule has 3 heterocycles. The van der Waals surface area contributed by atoms with Crippen molar-refractivity contribution in [1.29, 1.82) is 0 Å². The highest BCUT2D eigenvalue weighted by molar-refractivity contribution is 6.14. The van der Waals surface area contributed by atoms with Crippen LogP contribution in [0, 0.1) is 0 Å². The lowest BCUT2D eigenvalue weighted by Crippen LogP contribution is -2.01. The lowest BCUT2D eigenvalue weighted by Gasteiger charge is -2.15. The highest BCUT2D eigenvalue weighted by atomic mass is 16.5. The van der Waals surface area contributed by atoms with Gasteiger partial charge in [-0.25, -0.2) is 0 Å². The van der Waals surface area contributed by atoms with Crippen LogP contribution in [0.4, 0.5) is 0 Å². The Morgan fingerprint density at radius 3 is 1.03 bits per heavy atom. The fourth-order valence-corrected chi connectivity index (χ4v) is 9.64. The molecule has 0 saturated carbocycles. The van der Waals surface area contributed by atoms with E-state index in [4.69, 9.17) is 9.47 Å². The first-order chi connectivity index (χ1) is 33.1. The van der Waals surface area contributed by atoms with Crippen molar-refractivity contribution in [3.63, 3.8) is 0 Å². The molecule has 12 aromatic rings. The number of benzene rings is 9. The second-order valence-electron chi connectivity index (χ2n) is 16.6. The number of hydrogen-bond donors (Lipinski definition) is 0. The molecule has 5 heteroatoms. The highest BCUT2D eigenvalue weighted by Crippen LogP contribution is 2.40. The van der Waals surface area contributed by atoms with Crippen molar-refractivity contribution >= 4 is 77.6 Å². The Balaban J connectivity index is 0.00000244. The van der Waals surface area contributed by atoms with Crippen LogP contribution in [-0.2, 0) is 13.2 Å². The van der Waals surface area contributed by atoms with Crippen molar-refractivity contribution in [2.45, 2.75) is 27.1 Å². The molecule has 0 atom stereocenters. The van der Waals surface area contributed by atoms with E-state index in [2.05, 4.69) is 221 Å². The molecular weight excluding hydrogens is 819 g/mol. The summed E-state index contributed by atoms with van der Waals surface area (Å²) in [5, 5.41) is 7.21. The first kappa shape index (κ1) is 41.2. The van der Waals surface area contributed by atoms with Crippen LogP contribution < -0.4 is 9.47 Å². The summed E-state index contributed by atoms with van der Waals surface area (Å²) >= 11 is 0. The zero-order valence-corrected chi connectivity index (χ0v) is 37.7. The SMILES string of the molecule is C=Cc1ccc(COc2cc(OCc3ccc(C=C)cc3)cc(-n3c4ccc(-n5c6ccccc6c6ccccc65)cc4c4cc(-n5c6ccccc6c6ccccc65)ccc43)c2)cc1.CC.